The number of piperidine rings is 1. The summed E-state index contributed by atoms with van der Waals surface area (Å²) in [6, 6.07) is 0. The molecule has 1 aliphatic heterocycles. The van der Waals surface area contributed by atoms with Gasteiger partial charge in [0.2, 0.25) is 10.0 Å². The Balaban J connectivity index is 2.48. The Hall–Kier alpha value is -0.620. The molecule has 0 saturated carbocycles. The third-order valence-electron chi connectivity index (χ3n) is 3.97. The summed E-state index contributed by atoms with van der Waals surface area (Å²) in [5.74, 6) is -0.996. The summed E-state index contributed by atoms with van der Waals surface area (Å²) >= 11 is 0. The van der Waals surface area contributed by atoms with Crippen molar-refractivity contribution in [2.24, 2.45) is 5.41 Å². The molecule has 6 heteroatoms. The lowest BCUT2D eigenvalue weighted by atomic mass is 9.79. The van der Waals surface area contributed by atoms with Crippen molar-refractivity contribution in [1.82, 2.24) is 4.31 Å². The average molecular weight is 277 g/mol. The fraction of sp³-hybridized carbons (Fsp3) is 0.917. The molecule has 106 valence electrons. The first-order chi connectivity index (χ1) is 8.29. The fourth-order valence-electron chi connectivity index (χ4n) is 2.19. The van der Waals surface area contributed by atoms with Crippen LogP contribution < -0.4 is 0 Å². The fourth-order valence-corrected chi connectivity index (χ4v) is 3.70. The Morgan fingerprint density at radius 1 is 1.33 bits per heavy atom. The number of carboxylic acid groups (broad SMARTS) is 1. The van der Waals surface area contributed by atoms with Crippen LogP contribution in [-0.2, 0) is 14.8 Å². The maximum Gasteiger partial charge on any atom is 0.303 e. The molecule has 0 unspecified atom stereocenters. The van der Waals surface area contributed by atoms with Gasteiger partial charge in [-0.15, -0.1) is 0 Å². The van der Waals surface area contributed by atoms with Crippen molar-refractivity contribution in [1.29, 1.82) is 0 Å². The van der Waals surface area contributed by atoms with Gasteiger partial charge in [-0.3, -0.25) is 4.79 Å². The predicted molar refractivity (Wildman–Crippen MR) is 69.9 cm³/mol. The lowest BCUT2D eigenvalue weighted by molar-refractivity contribution is -0.137. The van der Waals surface area contributed by atoms with Crippen LogP contribution in [0.25, 0.3) is 0 Å². The van der Waals surface area contributed by atoms with E-state index in [1.54, 1.807) is 0 Å². The number of hydrogen-bond acceptors (Lipinski definition) is 3. The van der Waals surface area contributed by atoms with Gasteiger partial charge in [-0.05, 0) is 24.7 Å². The third-order valence-corrected chi connectivity index (χ3v) is 5.93. The van der Waals surface area contributed by atoms with Crippen molar-refractivity contribution in [3.63, 3.8) is 0 Å². The quantitative estimate of drug-likeness (QED) is 0.801. The molecule has 1 saturated heterocycles. The topological polar surface area (TPSA) is 74.7 Å². The molecule has 1 rings (SSSR count). The molecule has 0 aliphatic carbocycles. The molecular formula is C12H23NO4S. The number of sulfonamides is 1. The molecular weight excluding hydrogens is 254 g/mol. The zero-order valence-corrected chi connectivity index (χ0v) is 12.0. The van der Waals surface area contributed by atoms with E-state index in [2.05, 4.69) is 13.8 Å². The van der Waals surface area contributed by atoms with Gasteiger partial charge in [0.15, 0.2) is 0 Å². The largest absolute Gasteiger partial charge is 0.481 e. The Morgan fingerprint density at radius 3 is 2.33 bits per heavy atom. The second kappa shape index (κ2) is 6.02. The van der Waals surface area contributed by atoms with Crippen LogP contribution in [0.2, 0.25) is 0 Å². The second-order valence-corrected chi connectivity index (χ2v) is 7.47. The van der Waals surface area contributed by atoms with Gasteiger partial charge in [-0.2, -0.15) is 0 Å². The van der Waals surface area contributed by atoms with Crippen molar-refractivity contribution in [2.75, 3.05) is 18.8 Å². The standard InChI is InChI=1S/C12H23NO4S/c1-3-12(2)6-8-13(9-7-12)18(16,17)10-4-5-11(14)15/h3-10H2,1-2H3,(H,14,15). The van der Waals surface area contributed by atoms with E-state index in [1.165, 1.54) is 4.31 Å². The summed E-state index contributed by atoms with van der Waals surface area (Å²) in [5.41, 5.74) is 0.257. The Kier molecular flexibility index (Phi) is 5.16. The lowest BCUT2D eigenvalue weighted by Crippen LogP contribution is -2.42. The SMILES string of the molecule is CCC1(C)CCN(S(=O)(=O)CCCC(=O)O)CC1. The molecule has 0 spiro atoms. The summed E-state index contributed by atoms with van der Waals surface area (Å²) in [7, 11) is -3.27. The van der Waals surface area contributed by atoms with E-state index in [9.17, 15) is 13.2 Å². The predicted octanol–water partition coefficient (Wildman–Crippen LogP) is 1.69. The number of nitrogens with zero attached hydrogens (tertiary/aromatic N) is 1. The first-order valence-electron chi connectivity index (χ1n) is 6.49. The van der Waals surface area contributed by atoms with E-state index in [4.69, 9.17) is 5.11 Å². The van der Waals surface area contributed by atoms with Crippen molar-refractivity contribution < 1.29 is 18.3 Å². The maximum absolute atomic E-state index is 12.0. The van der Waals surface area contributed by atoms with E-state index in [0.29, 0.717) is 13.1 Å². The van der Waals surface area contributed by atoms with Crippen LogP contribution in [0.3, 0.4) is 0 Å². The highest BCUT2D eigenvalue weighted by Gasteiger charge is 2.33. The van der Waals surface area contributed by atoms with Gasteiger partial charge in [-0.1, -0.05) is 20.3 Å². The highest BCUT2D eigenvalue weighted by atomic mass is 32.2. The molecule has 0 bridgehead atoms. The van der Waals surface area contributed by atoms with Crippen molar-refractivity contribution in [2.45, 2.75) is 46.0 Å². The van der Waals surface area contributed by atoms with Gasteiger partial charge in [-0.25, -0.2) is 12.7 Å². The van der Waals surface area contributed by atoms with Crippen LogP contribution in [0.1, 0.15) is 46.0 Å². The summed E-state index contributed by atoms with van der Waals surface area (Å²) in [6.07, 6.45) is 2.96. The Labute approximate surface area is 109 Å². The molecule has 1 aliphatic rings. The molecule has 0 radical (unpaired) electrons. The van der Waals surface area contributed by atoms with Crippen LogP contribution in [-0.4, -0.2) is 42.6 Å². The Bertz CT molecular complexity index is 383. The molecule has 18 heavy (non-hydrogen) atoms. The zero-order valence-electron chi connectivity index (χ0n) is 11.2. The van der Waals surface area contributed by atoms with Crippen LogP contribution in [0.5, 0.6) is 0 Å². The van der Waals surface area contributed by atoms with Gasteiger partial charge in [0.1, 0.15) is 0 Å². The average Bonchev–Trinajstić information content (AvgIpc) is 2.29. The summed E-state index contributed by atoms with van der Waals surface area (Å²) in [4.78, 5) is 10.4. The summed E-state index contributed by atoms with van der Waals surface area (Å²) in [6.45, 7) is 5.47. The molecule has 0 atom stereocenters. The van der Waals surface area contributed by atoms with E-state index < -0.39 is 16.0 Å². The lowest BCUT2D eigenvalue weighted by Gasteiger charge is -2.38. The van der Waals surface area contributed by atoms with Gasteiger partial charge in [0, 0.05) is 19.5 Å². The number of carbonyl (C=O) groups is 1. The first kappa shape index (κ1) is 15.4. The van der Waals surface area contributed by atoms with Crippen molar-refractivity contribution in [3.05, 3.63) is 0 Å². The Morgan fingerprint density at radius 2 is 1.89 bits per heavy atom. The van der Waals surface area contributed by atoms with E-state index in [1.807, 2.05) is 0 Å². The number of carboxylic acids is 1. The number of rotatable bonds is 6. The highest BCUT2D eigenvalue weighted by Crippen LogP contribution is 2.34. The molecule has 0 aromatic heterocycles. The van der Waals surface area contributed by atoms with Crippen molar-refractivity contribution in [3.8, 4) is 0 Å². The maximum atomic E-state index is 12.0. The molecule has 0 aromatic carbocycles. The van der Waals surface area contributed by atoms with E-state index >= 15 is 0 Å². The minimum absolute atomic E-state index is 0.0534. The van der Waals surface area contributed by atoms with Gasteiger partial charge < -0.3 is 5.11 Å². The smallest absolute Gasteiger partial charge is 0.303 e. The third kappa shape index (κ3) is 4.24. The van der Waals surface area contributed by atoms with Gasteiger partial charge >= 0.3 is 5.97 Å². The van der Waals surface area contributed by atoms with Gasteiger partial charge in [0.25, 0.3) is 0 Å². The molecule has 1 heterocycles. The zero-order chi connectivity index (χ0) is 13.8. The van der Waals surface area contributed by atoms with Crippen LogP contribution >= 0.6 is 0 Å². The first-order valence-corrected chi connectivity index (χ1v) is 8.10. The number of aliphatic carboxylic acids is 1. The van der Waals surface area contributed by atoms with E-state index in [-0.39, 0.29) is 24.0 Å². The highest BCUT2D eigenvalue weighted by molar-refractivity contribution is 7.89. The normalized spacial score (nSPS) is 20.8. The molecule has 1 N–H and O–H groups in total. The summed E-state index contributed by atoms with van der Waals surface area (Å²) < 4.78 is 25.5. The second-order valence-electron chi connectivity index (χ2n) is 5.38. The van der Waals surface area contributed by atoms with Crippen LogP contribution in [0.15, 0.2) is 0 Å². The number of hydrogen-bond donors (Lipinski definition) is 1. The molecule has 0 amide bonds. The summed E-state index contributed by atoms with van der Waals surface area (Å²) in [5, 5.41) is 8.51. The minimum Gasteiger partial charge on any atom is -0.481 e. The van der Waals surface area contributed by atoms with Crippen molar-refractivity contribution >= 4 is 16.0 Å². The molecule has 1 fully saturated rings. The van der Waals surface area contributed by atoms with Gasteiger partial charge in [0.05, 0.1) is 5.75 Å². The monoisotopic (exact) mass is 277 g/mol. The van der Waals surface area contributed by atoms with Crippen LogP contribution in [0, 0.1) is 5.41 Å². The molecule has 0 aromatic rings. The molecule has 5 nitrogen and oxygen atoms in total. The van der Waals surface area contributed by atoms with E-state index in [0.717, 1.165) is 19.3 Å². The van der Waals surface area contributed by atoms with Crippen LogP contribution in [0.4, 0.5) is 0 Å². The minimum atomic E-state index is -3.27.